The number of aromatic nitrogens is 2. The van der Waals surface area contributed by atoms with Gasteiger partial charge in [-0.15, -0.1) is 0 Å². The fraction of sp³-hybridized carbons (Fsp3) is 0.250. The summed E-state index contributed by atoms with van der Waals surface area (Å²) in [4.78, 5) is 15.6. The summed E-state index contributed by atoms with van der Waals surface area (Å²) in [6.07, 6.45) is 1.64. The number of furan rings is 1. The molecule has 104 valence electrons. The number of rotatable bonds is 4. The SMILES string of the molecule is Cc1ccc(C(C)Nc2nc3sccn3c2[N+](=O)[O-])o1. The Kier molecular flexibility index (Phi) is 2.94. The first-order chi connectivity index (χ1) is 9.56. The molecule has 0 aliphatic heterocycles. The van der Waals surface area contributed by atoms with Crippen LogP contribution in [0.1, 0.15) is 24.5 Å². The molecule has 0 saturated heterocycles. The van der Waals surface area contributed by atoms with Crippen molar-refractivity contribution >= 4 is 27.9 Å². The summed E-state index contributed by atoms with van der Waals surface area (Å²) in [5.41, 5.74) is 0. The zero-order valence-corrected chi connectivity index (χ0v) is 11.7. The molecule has 20 heavy (non-hydrogen) atoms. The first-order valence-electron chi connectivity index (χ1n) is 5.99. The van der Waals surface area contributed by atoms with Crippen LogP contribution in [0.15, 0.2) is 28.1 Å². The average molecular weight is 292 g/mol. The van der Waals surface area contributed by atoms with Crippen molar-refractivity contribution in [3.05, 3.63) is 45.3 Å². The summed E-state index contributed by atoms with van der Waals surface area (Å²) >= 11 is 1.35. The van der Waals surface area contributed by atoms with Crippen molar-refractivity contribution in [2.45, 2.75) is 19.9 Å². The van der Waals surface area contributed by atoms with E-state index in [-0.39, 0.29) is 17.7 Å². The lowest BCUT2D eigenvalue weighted by Gasteiger charge is -2.10. The van der Waals surface area contributed by atoms with E-state index in [9.17, 15) is 10.1 Å². The minimum Gasteiger partial charge on any atom is -0.464 e. The van der Waals surface area contributed by atoms with Crippen LogP contribution in [0.5, 0.6) is 0 Å². The second-order valence-corrected chi connectivity index (χ2v) is 5.28. The number of thiazole rings is 1. The molecule has 0 aromatic carbocycles. The molecule has 3 aromatic heterocycles. The lowest BCUT2D eigenvalue weighted by Crippen LogP contribution is -2.08. The maximum Gasteiger partial charge on any atom is 0.372 e. The molecule has 0 amide bonds. The fourth-order valence-corrected chi connectivity index (χ4v) is 2.72. The molecule has 0 fully saturated rings. The van der Waals surface area contributed by atoms with Crippen molar-refractivity contribution in [1.29, 1.82) is 0 Å². The lowest BCUT2D eigenvalue weighted by molar-refractivity contribution is -0.389. The van der Waals surface area contributed by atoms with Gasteiger partial charge in [0.05, 0.1) is 6.04 Å². The third kappa shape index (κ3) is 2.03. The van der Waals surface area contributed by atoms with Crippen LogP contribution < -0.4 is 5.32 Å². The van der Waals surface area contributed by atoms with Crippen LogP contribution in [0, 0.1) is 17.0 Å². The van der Waals surface area contributed by atoms with Crippen molar-refractivity contribution in [3.8, 4) is 0 Å². The van der Waals surface area contributed by atoms with Crippen LogP contribution >= 0.6 is 11.3 Å². The highest BCUT2D eigenvalue weighted by Crippen LogP contribution is 2.31. The third-order valence-electron chi connectivity index (χ3n) is 2.95. The quantitative estimate of drug-likeness (QED) is 0.588. The standard InChI is InChI=1S/C12H12N4O3S/c1-7-3-4-9(19-7)8(2)13-10-11(16(17)18)15-5-6-20-12(15)14-10/h3-6,8,13H,1-2H3. The zero-order chi connectivity index (χ0) is 14.3. The van der Waals surface area contributed by atoms with Gasteiger partial charge in [0.15, 0.2) is 0 Å². The van der Waals surface area contributed by atoms with Crippen molar-refractivity contribution in [3.63, 3.8) is 0 Å². The molecule has 7 nitrogen and oxygen atoms in total. The molecule has 3 aromatic rings. The second kappa shape index (κ2) is 4.64. The molecule has 1 N–H and O–H groups in total. The van der Waals surface area contributed by atoms with Gasteiger partial charge in [0, 0.05) is 5.38 Å². The van der Waals surface area contributed by atoms with Crippen LogP contribution in [-0.4, -0.2) is 14.3 Å². The number of fused-ring (bicyclic) bond motifs is 1. The van der Waals surface area contributed by atoms with Gasteiger partial charge in [-0.1, -0.05) is 11.3 Å². The third-order valence-corrected chi connectivity index (χ3v) is 3.71. The van der Waals surface area contributed by atoms with Gasteiger partial charge < -0.3 is 19.8 Å². The molecule has 3 rings (SSSR count). The number of nitro groups is 1. The van der Waals surface area contributed by atoms with Gasteiger partial charge in [-0.2, -0.15) is 9.38 Å². The van der Waals surface area contributed by atoms with E-state index in [1.807, 2.05) is 26.0 Å². The van der Waals surface area contributed by atoms with Crippen LogP contribution in [0.3, 0.4) is 0 Å². The fourth-order valence-electron chi connectivity index (χ4n) is 2.01. The van der Waals surface area contributed by atoms with Crippen molar-refractivity contribution in [1.82, 2.24) is 9.38 Å². The van der Waals surface area contributed by atoms with E-state index in [1.165, 1.54) is 15.7 Å². The van der Waals surface area contributed by atoms with Gasteiger partial charge in [-0.3, -0.25) is 0 Å². The summed E-state index contributed by atoms with van der Waals surface area (Å²) in [5.74, 6) is 1.71. The van der Waals surface area contributed by atoms with Crippen molar-refractivity contribution in [2.75, 3.05) is 5.32 Å². The maximum absolute atomic E-state index is 11.2. The van der Waals surface area contributed by atoms with Gasteiger partial charge in [-0.05, 0) is 30.9 Å². The molecule has 8 heteroatoms. The maximum atomic E-state index is 11.2. The van der Waals surface area contributed by atoms with Crippen LogP contribution in [0.25, 0.3) is 4.96 Å². The largest absolute Gasteiger partial charge is 0.464 e. The second-order valence-electron chi connectivity index (χ2n) is 4.41. The Labute approximate surface area is 118 Å². The van der Waals surface area contributed by atoms with E-state index in [2.05, 4.69) is 10.3 Å². The zero-order valence-electron chi connectivity index (χ0n) is 10.9. The number of nitrogens with zero attached hydrogens (tertiary/aromatic N) is 3. The molecule has 1 atom stereocenters. The van der Waals surface area contributed by atoms with E-state index in [0.717, 1.165) is 5.76 Å². The predicted molar refractivity (Wildman–Crippen MR) is 75.2 cm³/mol. The highest BCUT2D eigenvalue weighted by atomic mass is 32.1. The number of imidazole rings is 1. The van der Waals surface area contributed by atoms with E-state index in [4.69, 9.17) is 4.42 Å². The molecule has 0 saturated carbocycles. The van der Waals surface area contributed by atoms with E-state index < -0.39 is 4.92 Å². The monoisotopic (exact) mass is 292 g/mol. The van der Waals surface area contributed by atoms with Gasteiger partial charge in [0.25, 0.3) is 4.96 Å². The van der Waals surface area contributed by atoms with E-state index in [1.54, 1.807) is 11.6 Å². The number of aryl methyl sites for hydroxylation is 1. The average Bonchev–Trinajstić information content (AvgIpc) is 3.03. The number of hydrogen-bond acceptors (Lipinski definition) is 6. The van der Waals surface area contributed by atoms with Gasteiger partial charge >= 0.3 is 5.82 Å². The molecule has 0 radical (unpaired) electrons. The highest BCUT2D eigenvalue weighted by Gasteiger charge is 2.25. The highest BCUT2D eigenvalue weighted by molar-refractivity contribution is 7.15. The van der Waals surface area contributed by atoms with E-state index >= 15 is 0 Å². The minimum atomic E-state index is -0.435. The molecule has 0 aliphatic rings. The van der Waals surface area contributed by atoms with E-state index in [0.29, 0.717) is 10.7 Å². The topological polar surface area (TPSA) is 85.6 Å². The van der Waals surface area contributed by atoms with Crippen molar-refractivity contribution < 1.29 is 9.34 Å². The minimum absolute atomic E-state index is 0.0589. The lowest BCUT2D eigenvalue weighted by atomic mass is 10.2. The Balaban J connectivity index is 1.96. The van der Waals surface area contributed by atoms with Gasteiger partial charge in [0.2, 0.25) is 5.82 Å². The summed E-state index contributed by atoms with van der Waals surface area (Å²) in [6.45, 7) is 3.72. The Bertz CT molecular complexity index is 773. The summed E-state index contributed by atoms with van der Waals surface area (Å²) in [5, 5.41) is 16.0. The normalized spacial score (nSPS) is 12.7. The Morgan fingerprint density at radius 3 is 3.00 bits per heavy atom. The summed E-state index contributed by atoms with van der Waals surface area (Å²) in [6, 6.07) is 3.50. The molecule has 3 heterocycles. The Morgan fingerprint density at radius 2 is 2.35 bits per heavy atom. The number of anilines is 1. The molecule has 0 spiro atoms. The summed E-state index contributed by atoms with van der Waals surface area (Å²) in [7, 11) is 0. The molecule has 1 unspecified atom stereocenters. The Morgan fingerprint density at radius 1 is 1.55 bits per heavy atom. The Hall–Kier alpha value is -2.35. The van der Waals surface area contributed by atoms with Crippen LogP contribution in [-0.2, 0) is 0 Å². The van der Waals surface area contributed by atoms with Gasteiger partial charge in [0.1, 0.15) is 17.7 Å². The first kappa shape index (κ1) is 12.7. The van der Waals surface area contributed by atoms with Crippen LogP contribution in [0.4, 0.5) is 11.6 Å². The molecule has 0 aliphatic carbocycles. The smallest absolute Gasteiger partial charge is 0.372 e. The molecule has 0 bridgehead atoms. The first-order valence-corrected chi connectivity index (χ1v) is 6.87. The number of hydrogen-bond donors (Lipinski definition) is 1. The summed E-state index contributed by atoms with van der Waals surface area (Å²) < 4.78 is 6.97. The predicted octanol–water partition coefficient (Wildman–Crippen LogP) is 3.38. The van der Waals surface area contributed by atoms with Gasteiger partial charge in [-0.25, -0.2) is 0 Å². The van der Waals surface area contributed by atoms with Crippen molar-refractivity contribution in [2.24, 2.45) is 0 Å². The van der Waals surface area contributed by atoms with Crippen LogP contribution in [0.2, 0.25) is 0 Å². The molecular formula is C12H12N4O3S. The molecular weight excluding hydrogens is 280 g/mol. The number of nitrogens with one attached hydrogen (secondary N) is 1.